The van der Waals surface area contributed by atoms with Crippen LogP contribution in [0.25, 0.3) is 0 Å². The molecule has 8 heteroatoms. The number of benzene rings is 1. The van der Waals surface area contributed by atoms with Gasteiger partial charge in [0.2, 0.25) is 0 Å². The van der Waals surface area contributed by atoms with Gasteiger partial charge in [-0.05, 0) is 73.6 Å². The van der Waals surface area contributed by atoms with Crippen LogP contribution in [0.1, 0.15) is 50.2 Å². The smallest absolute Gasteiger partial charge is 0.142 e. The minimum Gasteiger partial charge on any atom is -0.373 e. The summed E-state index contributed by atoms with van der Waals surface area (Å²) in [5.74, 6) is 5.38. The molecule has 2 atom stereocenters. The van der Waals surface area contributed by atoms with Crippen molar-refractivity contribution in [2.45, 2.75) is 51.9 Å². The second-order valence-corrected chi connectivity index (χ2v) is 11.6. The van der Waals surface area contributed by atoms with Crippen LogP contribution in [0, 0.1) is 30.5 Å². The first-order valence-corrected chi connectivity index (χ1v) is 13.5. The Morgan fingerprint density at radius 1 is 1.05 bits per heavy atom. The van der Waals surface area contributed by atoms with Crippen LogP contribution in [-0.2, 0) is 11.8 Å². The van der Waals surface area contributed by atoms with Crippen molar-refractivity contribution in [2.24, 2.45) is 17.8 Å². The fourth-order valence-electron chi connectivity index (χ4n) is 6.76. The first-order chi connectivity index (χ1) is 17.8. The molecule has 1 saturated carbocycles. The number of hydrogen-bond acceptors (Lipinski definition) is 7. The van der Waals surface area contributed by atoms with Gasteiger partial charge in [0, 0.05) is 56.1 Å². The second kappa shape index (κ2) is 9.23. The highest BCUT2D eigenvalue weighted by Crippen LogP contribution is 2.47. The van der Waals surface area contributed by atoms with Gasteiger partial charge in [0.05, 0.1) is 0 Å². The van der Waals surface area contributed by atoms with Crippen LogP contribution in [0.3, 0.4) is 0 Å². The van der Waals surface area contributed by atoms with Crippen LogP contribution in [-0.4, -0.2) is 46.6 Å². The molecule has 3 aliphatic rings. The largest absolute Gasteiger partial charge is 0.373 e. The minimum atomic E-state index is -0.223. The van der Waals surface area contributed by atoms with Crippen LogP contribution in [0.2, 0.25) is 0 Å². The van der Waals surface area contributed by atoms with Crippen molar-refractivity contribution in [3.8, 4) is 0 Å². The van der Waals surface area contributed by atoms with Gasteiger partial charge in [0.25, 0.3) is 0 Å². The van der Waals surface area contributed by atoms with Gasteiger partial charge in [0.15, 0.2) is 0 Å². The Hall–Kier alpha value is -3.29. The number of fused-ring (bicyclic) bond motifs is 3. The zero-order valence-corrected chi connectivity index (χ0v) is 22.2. The molecule has 7 nitrogen and oxygen atoms in total. The molecule has 6 rings (SSSR count). The van der Waals surface area contributed by atoms with Gasteiger partial charge in [-0.3, -0.25) is 0 Å². The average molecular weight is 502 g/mol. The van der Waals surface area contributed by atoms with Crippen molar-refractivity contribution in [1.82, 2.24) is 19.9 Å². The second-order valence-electron chi connectivity index (χ2n) is 11.6. The molecule has 2 fully saturated rings. The number of rotatable bonds is 5. The van der Waals surface area contributed by atoms with Crippen LogP contribution < -0.4 is 15.1 Å². The molecule has 37 heavy (non-hydrogen) atoms. The molecule has 0 radical (unpaired) electrons. The number of nitrogens with zero attached hydrogens (tertiary/aromatic N) is 6. The molecule has 1 saturated heterocycles. The average Bonchev–Trinajstić information content (AvgIpc) is 3.10. The maximum atomic E-state index is 13.7. The summed E-state index contributed by atoms with van der Waals surface area (Å²) < 4.78 is 13.7. The predicted molar refractivity (Wildman–Crippen MR) is 145 cm³/mol. The first-order valence-electron chi connectivity index (χ1n) is 13.5. The highest BCUT2D eigenvalue weighted by molar-refractivity contribution is 5.71. The van der Waals surface area contributed by atoms with E-state index in [1.54, 1.807) is 6.33 Å². The molecule has 2 unspecified atom stereocenters. The number of aromatic nitrogens is 4. The van der Waals surface area contributed by atoms with Crippen LogP contribution in [0.4, 0.5) is 27.5 Å². The molecule has 1 aromatic carbocycles. The lowest BCUT2D eigenvalue weighted by Crippen LogP contribution is -2.43. The van der Waals surface area contributed by atoms with E-state index in [0.29, 0.717) is 17.8 Å². The van der Waals surface area contributed by atoms with E-state index in [1.165, 1.54) is 25.0 Å². The monoisotopic (exact) mass is 501 g/mol. The summed E-state index contributed by atoms with van der Waals surface area (Å²) in [5.41, 5.74) is 3.07. The minimum absolute atomic E-state index is 0.0528. The quantitative estimate of drug-likeness (QED) is 0.510. The van der Waals surface area contributed by atoms with Crippen molar-refractivity contribution >= 4 is 23.1 Å². The molecule has 0 spiro atoms. The summed E-state index contributed by atoms with van der Waals surface area (Å²) in [4.78, 5) is 23.8. The molecule has 3 aromatic rings. The lowest BCUT2D eigenvalue weighted by atomic mass is 9.78. The van der Waals surface area contributed by atoms with Crippen molar-refractivity contribution < 1.29 is 4.39 Å². The Bertz CT molecular complexity index is 1280. The molecule has 0 amide bonds. The van der Waals surface area contributed by atoms with E-state index in [4.69, 9.17) is 9.97 Å². The van der Waals surface area contributed by atoms with Gasteiger partial charge in [0.1, 0.15) is 35.4 Å². The van der Waals surface area contributed by atoms with Crippen molar-refractivity contribution in [3.63, 3.8) is 0 Å². The van der Waals surface area contributed by atoms with E-state index in [1.807, 2.05) is 26.1 Å². The molecule has 194 valence electrons. The fourth-order valence-corrected chi connectivity index (χ4v) is 6.76. The Labute approximate surface area is 218 Å². The summed E-state index contributed by atoms with van der Waals surface area (Å²) in [7, 11) is 1.95. The van der Waals surface area contributed by atoms with Gasteiger partial charge in [-0.2, -0.15) is 0 Å². The van der Waals surface area contributed by atoms with Crippen LogP contribution >= 0.6 is 0 Å². The maximum Gasteiger partial charge on any atom is 0.142 e. The highest BCUT2D eigenvalue weighted by atomic mass is 19.1. The van der Waals surface area contributed by atoms with E-state index in [0.717, 1.165) is 72.7 Å². The molecule has 2 aromatic heterocycles. The molecule has 2 aliphatic heterocycles. The molecule has 4 heterocycles. The Kier molecular flexibility index (Phi) is 6.00. The van der Waals surface area contributed by atoms with Gasteiger partial charge in [-0.15, -0.1) is 0 Å². The van der Waals surface area contributed by atoms with E-state index in [9.17, 15) is 4.39 Å². The predicted octanol–water partition coefficient (Wildman–Crippen LogP) is 5.28. The summed E-state index contributed by atoms with van der Waals surface area (Å²) in [6.45, 7) is 9.44. The third-order valence-electron chi connectivity index (χ3n) is 8.76. The zero-order chi connectivity index (χ0) is 25.7. The van der Waals surface area contributed by atoms with Gasteiger partial charge in [-0.25, -0.2) is 24.3 Å². The van der Waals surface area contributed by atoms with Crippen LogP contribution in [0.15, 0.2) is 36.7 Å². The molecule has 1 aliphatic carbocycles. The van der Waals surface area contributed by atoms with E-state index >= 15 is 0 Å². The number of anilines is 4. The zero-order valence-electron chi connectivity index (χ0n) is 22.2. The fraction of sp³-hybridized carbons (Fsp3) is 0.517. The van der Waals surface area contributed by atoms with E-state index < -0.39 is 0 Å². The van der Waals surface area contributed by atoms with Crippen LogP contribution in [0.5, 0.6) is 0 Å². The lowest BCUT2D eigenvalue weighted by molar-refractivity contribution is 0.264. The van der Waals surface area contributed by atoms with Gasteiger partial charge < -0.3 is 15.1 Å². The molecule has 1 N–H and O–H groups in total. The lowest BCUT2D eigenvalue weighted by Gasteiger charge is -2.41. The first kappa shape index (κ1) is 24.1. The third-order valence-corrected chi connectivity index (χ3v) is 8.76. The standard InChI is InChI=1S/C29H36FN7/c1-18-13-25(33-17-32-18)36-15-19-5-6-20(16-36)23(19)14-24-34-27(31-4)26-28(35-24)37(12-11-29(26,2)3)22-9-7-21(30)8-10-22/h7-10,13,17,19-20,23H,5-6,11-12,14-16H2,1-4H3,(H,31,34,35). The SMILES string of the molecule is CNc1nc(CC2C3CCC2CN(c2cc(C)ncn2)C3)nc2c1C(C)(C)CCN2c1ccc(F)cc1. The third kappa shape index (κ3) is 4.40. The van der Waals surface area contributed by atoms with Gasteiger partial charge in [-0.1, -0.05) is 13.8 Å². The number of hydrogen-bond donors (Lipinski definition) is 1. The molecular weight excluding hydrogens is 465 g/mol. The highest BCUT2D eigenvalue weighted by Gasteiger charge is 2.43. The van der Waals surface area contributed by atoms with Gasteiger partial charge >= 0.3 is 0 Å². The van der Waals surface area contributed by atoms with E-state index in [-0.39, 0.29) is 11.2 Å². The topological polar surface area (TPSA) is 70.1 Å². The normalized spacial score (nSPS) is 24.2. The summed E-state index contributed by atoms with van der Waals surface area (Å²) in [6.07, 6.45) is 6.02. The Balaban J connectivity index is 1.31. The Morgan fingerprint density at radius 2 is 1.78 bits per heavy atom. The molecular formula is C29H36FN7. The molecule has 2 bridgehead atoms. The number of nitrogens with one attached hydrogen (secondary N) is 1. The summed E-state index contributed by atoms with van der Waals surface area (Å²) in [6, 6.07) is 8.85. The van der Waals surface area contributed by atoms with Crippen molar-refractivity contribution in [2.75, 3.05) is 41.8 Å². The number of piperidine rings is 1. The van der Waals surface area contributed by atoms with E-state index in [2.05, 4.69) is 45.0 Å². The Morgan fingerprint density at radius 3 is 2.46 bits per heavy atom. The number of halogens is 1. The summed E-state index contributed by atoms with van der Waals surface area (Å²) >= 11 is 0. The maximum absolute atomic E-state index is 13.7. The summed E-state index contributed by atoms with van der Waals surface area (Å²) in [5, 5.41) is 3.38. The number of aryl methyl sites for hydroxylation is 1. The van der Waals surface area contributed by atoms with Crippen molar-refractivity contribution in [3.05, 3.63) is 59.6 Å². The van der Waals surface area contributed by atoms with Crippen molar-refractivity contribution in [1.29, 1.82) is 0 Å².